The molecule has 1 N–H and O–H groups in total. The molecule has 0 fully saturated rings. The number of thiol groups is 1. The van der Waals surface area contributed by atoms with E-state index in [0.717, 1.165) is 11.4 Å². The van der Waals surface area contributed by atoms with Crippen LogP contribution in [-0.2, 0) is 0 Å². The van der Waals surface area contributed by atoms with E-state index in [1.165, 1.54) is 5.40 Å². The summed E-state index contributed by atoms with van der Waals surface area (Å²) in [5, 5.41) is 11.9. The van der Waals surface area contributed by atoms with Crippen molar-refractivity contribution in [2.45, 2.75) is 0 Å². The molecule has 4 heteroatoms. The van der Waals surface area contributed by atoms with E-state index in [-0.39, 0.29) is 29.6 Å². The second kappa shape index (κ2) is 10.2. The van der Waals surface area contributed by atoms with Crippen LogP contribution in [0.4, 0.5) is 11.4 Å². The molecule has 0 bridgehead atoms. The predicted molar refractivity (Wildman–Crippen MR) is 77.9 cm³/mol. The molecule has 82 valence electrons. The first-order valence-corrected chi connectivity index (χ1v) is 5.22. The van der Waals surface area contributed by atoms with E-state index in [1.807, 2.05) is 60.7 Å². The van der Waals surface area contributed by atoms with Crippen molar-refractivity contribution < 1.29 is 0 Å². The van der Waals surface area contributed by atoms with Crippen molar-refractivity contribution >= 4 is 53.6 Å². The zero-order valence-electron chi connectivity index (χ0n) is 8.67. The third kappa shape index (κ3) is 7.09. The Balaban J connectivity index is 0.000000583. The third-order valence-corrected chi connectivity index (χ3v) is 1.84. The normalized spacial score (nSPS) is 7.76. The minimum absolute atomic E-state index is 0. The largest absolute Gasteiger partial charge is 0.356 e. The van der Waals surface area contributed by atoms with Gasteiger partial charge in [0.2, 0.25) is 0 Å². The molecule has 0 saturated carbocycles. The first kappa shape index (κ1) is 16.1. The number of nitrogens with zero attached hydrogens (tertiary/aromatic N) is 1. The fourth-order valence-electron chi connectivity index (χ4n) is 1.21. The predicted octanol–water partition coefficient (Wildman–Crippen LogP) is 3.18. The Morgan fingerprint density at radius 1 is 0.824 bits per heavy atom. The molecule has 0 aromatic heterocycles. The number of nitriles is 1. The van der Waals surface area contributed by atoms with Crippen molar-refractivity contribution in [2.75, 3.05) is 5.32 Å². The van der Waals surface area contributed by atoms with E-state index in [4.69, 9.17) is 5.26 Å². The quantitative estimate of drug-likeness (QED) is 0.489. The summed E-state index contributed by atoms with van der Waals surface area (Å²) in [5.74, 6) is 0. The molecule has 0 aliphatic rings. The number of benzene rings is 2. The number of thiocyanates is 1. The Kier molecular flexibility index (Phi) is 9.69. The maximum absolute atomic E-state index is 7.18. The van der Waals surface area contributed by atoms with E-state index in [0.29, 0.717) is 0 Å². The van der Waals surface area contributed by atoms with Crippen LogP contribution in [0.3, 0.4) is 0 Å². The van der Waals surface area contributed by atoms with Gasteiger partial charge in [0.25, 0.3) is 0 Å². The topological polar surface area (TPSA) is 35.8 Å². The van der Waals surface area contributed by atoms with Gasteiger partial charge < -0.3 is 5.32 Å². The summed E-state index contributed by atoms with van der Waals surface area (Å²) >= 11 is 3.09. The zero-order valence-corrected chi connectivity index (χ0v) is 9.56. The second-order valence-corrected chi connectivity index (χ2v) is 3.16. The van der Waals surface area contributed by atoms with Crippen molar-refractivity contribution in [2.24, 2.45) is 0 Å². The van der Waals surface area contributed by atoms with Crippen LogP contribution >= 0.6 is 12.6 Å². The Bertz CT molecular complexity index is 402. The fraction of sp³-hybridized carbons (Fsp3) is 0. The van der Waals surface area contributed by atoms with Crippen LogP contribution in [0.5, 0.6) is 0 Å². The average molecular weight is 252 g/mol. The van der Waals surface area contributed by atoms with Crippen LogP contribution in [0.15, 0.2) is 60.7 Å². The van der Waals surface area contributed by atoms with Gasteiger partial charge in [-0.1, -0.05) is 49.0 Å². The van der Waals surface area contributed by atoms with Crippen LogP contribution in [0.2, 0.25) is 0 Å². The molecule has 0 unspecified atom stereocenters. The summed E-state index contributed by atoms with van der Waals surface area (Å²) in [6.45, 7) is 0. The second-order valence-electron chi connectivity index (χ2n) is 2.96. The summed E-state index contributed by atoms with van der Waals surface area (Å²) in [6.07, 6.45) is 0. The monoisotopic (exact) mass is 252 g/mol. The maximum atomic E-state index is 7.18. The van der Waals surface area contributed by atoms with Crippen LogP contribution < -0.4 is 5.32 Å². The first-order chi connectivity index (χ1) is 7.86. The molecule has 0 radical (unpaired) electrons. The Morgan fingerprint density at radius 3 is 1.41 bits per heavy atom. The van der Waals surface area contributed by atoms with E-state index in [9.17, 15) is 0 Å². The van der Waals surface area contributed by atoms with Gasteiger partial charge in [-0.25, -0.2) is 0 Å². The van der Waals surface area contributed by atoms with E-state index >= 15 is 0 Å². The van der Waals surface area contributed by atoms with Crippen molar-refractivity contribution in [1.29, 1.82) is 5.26 Å². The minimum Gasteiger partial charge on any atom is -0.356 e. The molecule has 17 heavy (non-hydrogen) atoms. The Morgan fingerprint density at radius 2 is 1.12 bits per heavy atom. The van der Waals surface area contributed by atoms with Gasteiger partial charge in [0, 0.05) is 11.4 Å². The zero-order chi connectivity index (χ0) is 11.6. The first-order valence-electron chi connectivity index (χ1n) is 4.77. The molecule has 0 aliphatic heterocycles. The summed E-state index contributed by atoms with van der Waals surface area (Å²) in [5.41, 5.74) is 2.24. The smallest absolute Gasteiger partial charge is 0.0384 e. The Hall–Kier alpha value is -0.920. The number of para-hydroxylation sites is 2. The summed E-state index contributed by atoms with van der Waals surface area (Å²) in [6, 6.07) is 20.3. The van der Waals surface area contributed by atoms with Gasteiger partial charge in [0.05, 0.1) is 0 Å². The molecule has 0 saturated heterocycles. The standard InChI is InChI=1S/C12H11N.CHNS.Na.H/c1-3-7-11(8-4-1)13-12-9-5-2-6-10-12;2-1-3;;/h1-10,13H;3H;;. The summed E-state index contributed by atoms with van der Waals surface area (Å²) < 4.78 is 0. The molecule has 0 aliphatic carbocycles. The minimum atomic E-state index is 0. The van der Waals surface area contributed by atoms with Gasteiger partial charge in [0.1, 0.15) is 5.40 Å². The average Bonchev–Trinajstić information content (AvgIpc) is 2.33. The molecular weight excluding hydrogens is 239 g/mol. The van der Waals surface area contributed by atoms with Gasteiger partial charge in [-0.15, -0.1) is 0 Å². The van der Waals surface area contributed by atoms with E-state index in [1.54, 1.807) is 0 Å². The van der Waals surface area contributed by atoms with Gasteiger partial charge in [-0.2, -0.15) is 5.26 Å². The molecule has 0 spiro atoms. The number of nitrogens with one attached hydrogen (secondary N) is 1. The van der Waals surface area contributed by atoms with Gasteiger partial charge in [-0.05, 0) is 24.3 Å². The molecule has 2 nitrogen and oxygen atoms in total. The fourth-order valence-corrected chi connectivity index (χ4v) is 1.21. The molecule has 2 rings (SSSR count). The van der Waals surface area contributed by atoms with E-state index < -0.39 is 0 Å². The molecule has 2 aromatic carbocycles. The van der Waals surface area contributed by atoms with Gasteiger partial charge in [0.15, 0.2) is 0 Å². The number of rotatable bonds is 2. The SMILES string of the molecule is N#CS.[NaH].c1ccc(Nc2ccccc2)cc1. The third-order valence-electron chi connectivity index (χ3n) is 1.84. The van der Waals surface area contributed by atoms with Crippen molar-refractivity contribution in [3.63, 3.8) is 0 Å². The van der Waals surface area contributed by atoms with Crippen molar-refractivity contribution in [1.82, 2.24) is 0 Å². The van der Waals surface area contributed by atoms with E-state index in [2.05, 4.69) is 17.9 Å². The molecule has 0 amide bonds. The Labute approximate surface area is 129 Å². The van der Waals surface area contributed by atoms with Crippen LogP contribution in [0.1, 0.15) is 0 Å². The number of hydrogen-bond acceptors (Lipinski definition) is 3. The van der Waals surface area contributed by atoms with Gasteiger partial charge in [-0.3, -0.25) is 0 Å². The van der Waals surface area contributed by atoms with Crippen LogP contribution in [-0.4, -0.2) is 29.6 Å². The van der Waals surface area contributed by atoms with Crippen molar-refractivity contribution in [3.05, 3.63) is 60.7 Å². The van der Waals surface area contributed by atoms with Crippen molar-refractivity contribution in [3.8, 4) is 5.40 Å². The molecular formula is C13H13N2NaS. The van der Waals surface area contributed by atoms with Gasteiger partial charge >= 0.3 is 29.6 Å². The number of anilines is 2. The molecule has 0 atom stereocenters. The van der Waals surface area contributed by atoms with Crippen LogP contribution in [0, 0.1) is 10.7 Å². The molecule has 2 aromatic rings. The number of hydrogen-bond donors (Lipinski definition) is 2. The maximum Gasteiger partial charge on any atom is 0.0384 e. The molecule has 0 heterocycles. The summed E-state index contributed by atoms with van der Waals surface area (Å²) in [4.78, 5) is 0. The van der Waals surface area contributed by atoms with Crippen LogP contribution in [0.25, 0.3) is 0 Å². The summed E-state index contributed by atoms with van der Waals surface area (Å²) in [7, 11) is 0.